The molecule has 0 fully saturated rings. The van der Waals surface area contributed by atoms with E-state index >= 15 is 0 Å². The molecule has 3 aromatic carbocycles. The average Bonchev–Trinajstić information content (AvgIpc) is 2.84. The largest absolute Gasteiger partial charge is 0.232 e. The first-order chi connectivity index (χ1) is 15.6. The van der Waals surface area contributed by atoms with Gasteiger partial charge in [0.05, 0.1) is 0 Å². The second-order valence-corrected chi connectivity index (χ2v) is 5.59. The van der Waals surface area contributed by atoms with E-state index in [2.05, 4.69) is 0 Å². The number of hydrogen-bond donors (Lipinski definition) is 3. The van der Waals surface area contributed by atoms with E-state index in [4.69, 9.17) is 15.6 Å². The highest BCUT2D eigenvalue weighted by molar-refractivity contribution is 5.75. The molecule has 0 unspecified atom stereocenters. The van der Waals surface area contributed by atoms with Gasteiger partial charge >= 0.3 is 0 Å². The number of hydrogen-bond acceptors (Lipinski definition) is 9. The Morgan fingerprint density at radius 3 is 0.794 bits per heavy atom. The number of rotatable bonds is 6. The van der Waals surface area contributed by atoms with Gasteiger partial charge in [-0.3, -0.25) is 0 Å². The van der Waals surface area contributed by atoms with Crippen LogP contribution in [0.25, 0.3) is 0 Å². The third kappa shape index (κ3) is 10.3. The van der Waals surface area contributed by atoms with Crippen molar-refractivity contribution < 1.29 is 30.7 Å². The summed E-state index contributed by atoms with van der Waals surface area (Å²) in [6.45, 7) is 0. The Kier molecular flexibility index (Phi) is 13.5. The van der Waals surface area contributed by atoms with E-state index in [1.165, 1.54) is 36.4 Å². The van der Waals surface area contributed by atoms with Gasteiger partial charge in [-0.1, -0.05) is 54.6 Å². The minimum absolute atomic E-state index is 0. The predicted octanol–water partition coefficient (Wildman–Crippen LogP) is 2.04. The van der Waals surface area contributed by atoms with Crippen molar-refractivity contribution in [2.75, 3.05) is 15.5 Å². The fourth-order valence-corrected chi connectivity index (χ4v) is 1.97. The van der Waals surface area contributed by atoms with Crippen LogP contribution in [0.3, 0.4) is 0 Å². The smallest absolute Gasteiger partial charge is 0.192 e. The van der Waals surface area contributed by atoms with Gasteiger partial charge in [0.25, 0.3) is 0 Å². The van der Waals surface area contributed by atoms with Gasteiger partial charge in [0.1, 0.15) is 17.1 Å². The molecule has 0 spiro atoms. The van der Waals surface area contributed by atoms with Crippen LogP contribution in [-0.4, -0.2) is 48.1 Å². The summed E-state index contributed by atoms with van der Waals surface area (Å²) in [5.41, 5.74) is 0.410. The topological polar surface area (TPSA) is 200 Å². The molecule has 0 atom stereocenters. The molecule has 0 aliphatic rings. The third-order valence-corrected chi connectivity index (χ3v) is 3.43. The van der Waals surface area contributed by atoms with Crippen LogP contribution >= 0.6 is 0 Å². The van der Waals surface area contributed by atoms with Crippen molar-refractivity contribution in [1.29, 1.82) is 0 Å². The Morgan fingerprint density at radius 1 is 0.471 bits per heavy atom. The maximum atomic E-state index is 9.98. The zero-order chi connectivity index (χ0) is 24.8. The van der Waals surface area contributed by atoms with Crippen LogP contribution in [0.2, 0.25) is 0 Å². The molecule has 0 saturated heterocycles. The van der Waals surface area contributed by atoms with E-state index in [1.807, 2.05) is 0 Å². The van der Waals surface area contributed by atoms with Crippen LogP contribution in [0, 0.1) is 30.3 Å². The summed E-state index contributed by atoms with van der Waals surface area (Å²) in [6, 6.07) is 23.3. The third-order valence-electron chi connectivity index (χ3n) is 3.43. The summed E-state index contributed by atoms with van der Waals surface area (Å²) in [5.74, 6) is 0. The summed E-state index contributed by atoms with van der Waals surface area (Å²) < 4.78 is 0. The van der Waals surface area contributed by atoms with Crippen molar-refractivity contribution in [3.8, 4) is 0 Å². The van der Waals surface area contributed by atoms with Gasteiger partial charge in [-0.25, -0.2) is 46.0 Å². The van der Waals surface area contributed by atoms with Crippen LogP contribution in [0.15, 0.2) is 91.0 Å². The zero-order valence-electron chi connectivity index (χ0n) is 16.6. The van der Waals surface area contributed by atoms with Gasteiger partial charge in [-0.2, -0.15) is 0 Å². The second kappa shape index (κ2) is 15.5. The molecule has 0 bridgehead atoms. The van der Waals surface area contributed by atoms with E-state index in [0.717, 1.165) is 0 Å². The first-order valence-corrected chi connectivity index (χ1v) is 8.70. The van der Waals surface area contributed by atoms with Crippen molar-refractivity contribution in [2.24, 2.45) is 0 Å². The van der Waals surface area contributed by atoms with Crippen LogP contribution in [0.1, 0.15) is 0 Å². The van der Waals surface area contributed by atoms with E-state index in [-0.39, 0.29) is 49.9 Å². The van der Waals surface area contributed by atoms with Gasteiger partial charge in [0, 0.05) is 15.5 Å². The monoisotopic (exact) mass is 492 g/mol. The molecule has 0 amide bonds. The van der Waals surface area contributed by atoms with E-state index in [9.17, 15) is 30.3 Å². The molecule has 0 aliphatic heterocycles. The van der Waals surface area contributed by atoms with Crippen LogP contribution < -0.4 is 15.5 Å². The summed E-state index contributed by atoms with van der Waals surface area (Å²) in [6.07, 6.45) is 0. The van der Waals surface area contributed by atoms with Crippen molar-refractivity contribution >= 4 is 34.4 Å². The molecular formula is C18H21AlN6O9. The first-order valence-electron chi connectivity index (χ1n) is 8.70. The number of para-hydroxylation sites is 3. The average molecular weight is 492 g/mol. The van der Waals surface area contributed by atoms with Crippen LogP contribution in [0.5, 0.6) is 0 Å². The summed E-state index contributed by atoms with van der Waals surface area (Å²) in [7, 11) is 0. The highest BCUT2D eigenvalue weighted by Crippen LogP contribution is 2.11. The van der Waals surface area contributed by atoms with Gasteiger partial charge in [-0.05, 0) is 36.4 Å². The Hall–Kier alpha value is -4.33. The lowest BCUT2D eigenvalue weighted by molar-refractivity contribution is -0.541. The van der Waals surface area contributed by atoms with E-state index in [0.29, 0.717) is 0 Å². The molecule has 16 heteroatoms. The quantitative estimate of drug-likeness (QED) is 0.257. The molecule has 0 radical (unpaired) electrons. The molecule has 3 rings (SSSR count). The van der Waals surface area contributed by atoms with Gasteiger partial charge in [-0.15, -0.1) is 0 Å². The normalized spacial score (nSPS) is 8.91. The lowest BCUT2D eigenvalue weighted by Crippen LogP contribution is -2.24. The molecule has 3 aromatic rings. The van der Waals surface area contributed by atoms with Crippen LogP contribution in [-0.2, 0) is 0 Å². The molecule has 0 aromatic heterocycles. The molecular weight excluding hydrogens is 471 g/mol. The Balaban J connectivity index is 0.000000473. The maximum absolute atomic E-state index is 9.98. The molecule has 0 saturated carbocycles. The standard InChI is InChI=1S/3C6H6N2O3.Al.3H/c3*9-7(8(10)11)6-4-2-1-3-5-6;;;;/h3*1-5,9H;;;;. The first kappa shape index (κ1) is 29.7. The van der Waals surface area contributed by atoms with Gasteiger partial charge in [0.2, 0.25) is 0 Å². The summed E-state index contributed by atoms with van der Waals surface area (Å²) in [4.78, 5) is 29.9. The Labute approximate surface area is 202 Å². The number of benzene rings is 3. The Morgan fingerprint density at radius 2 is 0.647 bits per heavy atom. The highest BCUT2D eigenvalue weighted by atomic mass is 27.0. The lowest BCUT2D eigenvalue weighted by Gasteiger charge is -2.03. The molecule has 0 aliphatic carbocycles. The van der Waals surface area contributed by atoms with E-state index < -0.39 is 15.1 Å². The summed E-state index contributed by atoms with van der Waals surface area (Å²) in [5, 5.41) is 53.3. The van der Waals surface area contributed by atoms with Crippen molar-refractivity contribution in [1.82, 2.24) is 0 Å². The number of nitro groups is 3. The zero-order valence-corrected chi connectivity index (χ0v) is 16.6. The predicted molar refractivity (Wildman–Crippen MR) is 123 cm³/mol. The lowest BCUT2D eigenvalue weighted by atomic mass is 10.3. The Bertz CT molecular complexity index is 886. The molecule has 34 heavy (non-hydrogen) atoms. The number of hydrazine groups is 3. The van der Waals surface area contributed by atoms with Gasteiger partial charge < -0.3 is 0 Å². The van der Waals surface area contributed by atoms with Crippen molar-refractivity contribution in [3.63, 3.8) is 0 Å². The van der Waals surface area contributed by atoms with E-state index in [1.54, 1.807) is 54.6 Å². The van der Waals surface area contributed by atoms with Crippen molar-refractivity contribution in [3.05, 3.63) is 121 Å². The minimum atomic E-state index is -0.907. The maximum Gasteiger partial charge on any atom is 0.192 e. The minimum Gasteiger partial charge on any atom is -0.232 e. The second-order valence-electron chi connectivity index (χ2n) is 5.59. The number of anilines is 3. The summed E-state index contributed by atoms with van der Waals surface area (Å²) >= 11 is 0. The van der Waals surface area contributed by atoms with Gasteiger partial charge in [0.15, 0.2) is 32.5 Å². The highest BCUT2D eigenvalue weighted by Gasteiger charge is 2.12. The fourth-order valence-electron chi connectivity index (χ4n) is 1.97. The fraction of sp³-hybridized carbons (Fsp3) is 0. The molecule has 180 valence electrons. The van der Waals surface area contributed by atoms with Crippen LogP contribution in [0.4, 0.5) is 17.1 Å². The molecule has 0 heterocycles. The molecule has 15 nitrogen and oxygen atoms in total. The SMILES string of the molecule is O=[N+]([O-])N(O)c1ccccc1.O=[N+]([O-])N(O)c1ccccc1.O=[N+]([O-])N(O)c1ccccc1.[AlH3]. The number of nitrogens with zero attached hydrogens (tertiary/aromatic N) is 6. The van der Waals surface area contributed by atoms with Crippen molar-refractivity contribution in [2.45, 2.75) is 0 Å². The molecule has 3 N–H and O–H groups in total.